The van der Waals surface area contributed by atoms with Crippen LogP contribution in [0.25, 0.3) is 32.9 Å². The number of nitrogens with two attached hydrogens (primary N) is 1. The molecular weight excluding hydrogens is 408 g/mol. The Kier molecular flexibility index (Phi) is 5.95. The Morgan fingerprint density at radius 1 is 1.21 bits per heavy atom. The average molecular weight is 427 g/mol. The third-order valence-electron chi connectivity index (χ3n) is 4.21. The Balaban J connectivity index is 1.88. The molecule has 0 aliphatic rings. The zero-order valence-electron chi connectivity index (χ0n) is 15.6. The normalized spacial score (nSPS) is 12.3. The van der Waals surface area contributed by atoms with Crippen molar-refractivity contribution in [2.75, 3.05) is 25.2 Å². The van der Waals surface area contributed by atoms with E-state index in [1.165, 1.54) is 17.7 Å². The van der Waals surface area contributed by atoms with E-state index in [-0.39, 0.29) is 0 Å². The van der Waals surface area contributed by atoms with Gasteiger partial charge in [-0.25, -0.2) is 24.9 Å². The third-order valence-corrected chi connectivity index (χ3v) is 7.21. The lowest BCUT2D eigenvalue weighted by Gasteiger charge is -2.09. The molecule has 2 N–H and O–H groups in total. The lowest BCUT2D eigenvalue weighted by molar-refractivity contribution is 0.199. The molecule has 4 aromatic rings. The summed E-state index contributed by atoms with van der Waals surface area (Å²) < 4.78 is 18.5. The summed E-state index contributed by atoms with van der Waals surface area (Å²) in [6.45, 7) is 0.552. The fourth-order valence-corrected chi connectivity index (χ4v) is 5.52. The van der Waals surface area contributed by atoms with Gasteiger partial charge in [0.15, 0.2) is 5.82 Å². The third kappa shape index (κ3) is 4.06. The highest BCUT2D eigenvalue weighted by atomic mass is 32.2. The SMILES string of the molecule is COCCC[S+]([O-])c1sc2nc(-c3cncnc3)cc(-c3ncccn3)c2c1N. The molecule has 8 nitrogen and oxygen atoms in total. The lowest BCUT2D eigenvalue weighted by atomic mass is 10.1. The summed E-state index contributed by atoms with van der Waals surface area (Å²) in [6.07, 6.45) is 8.88. The van der Waals surface area contributed by atoms with Crippen LogP contribution < -0.4 is 5.73 Å². The fourth-order valence-electron chi connectivity index (χ4n) is 2.89. The van der Waals surface area contributed by atoms with Gasteiger partial charge in [0, 0.05) is 49.4 Å². The number of methoxy groups -OCH3 is 1. The first-order chi connectivity index (χ1) is 14.2. The number of hydrogen-bond acceptors (Lipinski definition) is 9. The number of aromatic nitrogens is 5. The van der Waals surface area contributed by atoms with E-state index in [0.29, 0.717) is 45.0 Å². The van der Waals surface area contributed by atoms with Gasteiger partial charge in [-0.05, 0) is 23.3 Å². The quantitative estimate of drug-likeness (QED) is 0.353. The fraction of sp³-hybridized carbons (Fsp3) is 0.211. The van der Waals surface area contributed by atoms with Crippen molar-refractivity contribution in [2.24, 2.45) is 0 Å². The molecule has 0 bridgehead atoms. The Morgan fingerprint density at radius 3 is 2.69 bits per heavy atom. The molecule has 0 saturated heterocycles. The van der Waals surface area contributed by atoms with Crippen LogP contribution in [0.4, 0.5) is 5.69 Å². The molecule has 0 amide bonds. The number of anilines is 1. The number of thiophene rings is 1. The van der Waals surface area contributed by atoms with E-state index in [1.807, 2.05) is 6.07 Å². The molecule has 10 heteroatoms. The molecule has 0 fully saturated rings. The predicted octanol–water partition coefficient (Wildman–Crippen LogP) is 2.94. The summed E-state index contributed by atoms with van der Waals surface area (Å²) >= 11 is 0.0974. The van der Waals surface area contributed by atoms with Crippen molar-refractivity contribution >= 4 is 38.4 Å². The Labute approximate surface area is 174 Å². The van der Waals surface area contributed by atoms with Crippen molar-refractivity contribution < 1.29 is 9.29 Å². The predicted molar refractivity (Wildman–Crippen MR) is 114 cm³/mol. The first kappa shape index (κ1) is 19.6. The van der Waals surface area contributed by atoms with E-state index in [0.717, 1.165) is 16.5 Å². The van der Waals surface area contributed by atoms with Gasteiger partial charge in [-0.1, -0.05) is 11.3 Å². The molecular formula is C19H18N6O2S2. The van der Waals surface area contributed by atoms with Gasteiger partial charge in [-0.2, -0.15) is 0 Å². The number of fused-ring (bicyclic) bond motifs is 1. The number of nitrogens with zero attached hydrogens (tertiary/aromatic N) is 5. The molecule has 29 heavy (non-hydrogen) atoms. The monoisotopic (exact) mass is 426 g/mol. The van der Waals surface area contributed by atoms with E-state index >= 15 is 0 Å². The maximum absolute atomic E-state index is 12.8. The van der Waals surface area contributed by atoms with Gasteiger partial charge in [-0.15, -0.1) is 0 Å². The summed E-state index contributed by atoms with van der Waals surface area (Å²) in [5.41, 5.74) is 9.08. The zero-order chi connectivity index (χ0) is 20.2. The van der Waals surface area contributed by atoms with Crippen LogP contribution in [0, 0.1) is 0 Å². The van der Waals surface area contributed by atoms with Crippen molar-refractivity contribution in [1.29, 1.82) is 0 Å². The molecule has 1 unspecified atom stereocenters. The van der Waals surface area contributed by atoms with Crippen molar-refractivity contribution in [3.05, 3.63) is 43.2 Å². The Hall–Kier alpha value is -2.66. The molecule has 1 atom stereocenters. The molecule has 0 aliphatic heterocycles. The molecule has 0 saturated carbocycles. The van der Waals surface area contributed by atoms with E-state index < -0.39 is 11.2 Å². The molecule has 148 valence electrons. The van der Waals surface area contributed by atoms with Gasteiger partial charge in [0.2, 0.25) is 4.21 Å². The van der Waals surface area contributed by atoms with Gasteiger partial charge in [0.05, 0.1) is 17.7 Å². The number of pyridine rings is 1. The molecule has 0 aliphatic carbocycles. The van der Waals surface area contributed by atoms with Crippen molar-refractivity contribution in [3.8, 4) is 22.6 Å². The van der Waals surface area contributed by atoms with Gasteiger partial charge in [0.1, 0.15) is 22.6 Å². The minimum atomic E-state index is -1.24. The van der Waals surface area contributed by atoms with Crippen molar-refractivity contribution in [1.82, 2.24) is 24.9 Å². The van der Waals surface area contributed by atoms with E-state index in [9.17, 15) is 4.55 Å². The maximum atomic E-state index is 12.8. The van der Waals surface area contributed by atoms with Gasteiger partial charge < -0.3 is 15.0 Å². The smallest absolute Gasteiger partial charge is 0.232 e. The summed E-state index contributed by atoms with van der Waals surface area (Å²) in [4.78, 5) is 22.3. The Bertz CT molecular complexity index is 1110. The summed E-state index contributed by atoms with van der Waals surface area (Å²) in [6, 6.07) is 3.62. The van der Waals surface area contributed by atoms with Crippen molar-refractivity contribution in [3.63, 3.8) is 0 Å². The second-order valence-corrected chi connectivity index (χ2v) is 8.90. The number of ether oxygens (including phenoxy) is 1. The largest absolute Gasteiger partial charge is 0.611 e. The first-order valence-corrected chi connectivity index (χ1v) is 11.0. The molecule has 4 aromatic heterocycles. The highest BCUT2D eigenvalue weighted by molar-refractivity contribution is 7.93. The van der Waals surface area contributed by atoms with Crippen LogP contribution >= 0.6 is 11.3 Å². The number of rotatable bonds is 7. The second-order valence-electron chi connectivity index (χ2n) is 6.13. The van der Waals surface area contributed by atoms with Crippen LogP contribution in [0.3, 0.4) is 0 Å². The standard InChI is InChI=1S/C19H18N6O2S2/c1-27-6-3-7-29(26)19-16(20)15-13(17-23-4-2-5-24-17)8-14(25-18(15)28-19)12-9-21-11-22-10-12/h2,4-5,8-11H,3,6-7,20H2,1H3. The van der Waals surface area contributed by atoms with Crippen molar-refractivity contribution in [2.45, 2.75) is 10.6 Å². The van der Waals surface area contributed by atoms with Crippen LogP contribution in [-0.4, -0.2) is 48.9 Å². The second kappa shape index (κ2) is 8.78. The molecule has 4 heterocycles. The number of hydrogen-bond donors (Lipinski definition) is 1. The first-order valence-electron chi connectivity index (χ1n) is 8.82. The van der Waals surface area contributed by atoms with Crippen LogP contribution in [0.15, 0.2) is 47.5 Å². The topological polar surface area (TPSA) is 123 Å². The molecule has 0 radical (unpaired) electrons. The minimum Gasteiger partial charge on any atom is -0.611 e. The highest BCUT2D eigenvalue weighted by Crippen LogP contribution is 2.42. The van der Waals surface area contributed by atoms with E-state index in [4.69, 9.17) is 15.5 Å². The Morgan fingerprint density at radius 2 is 1.97 bits per heavy atom. The summed E-state index contributed by atoms with van der Waals surface area (Å²) in [7, 11) is 1.63. The molecule has 0 aromatic carbocycles. The van der Waals surface area contributed by atoms with Crippen LogP contribution in [0.5, 0.6) is 0 Å². The van der Waals surface area contributed by atoms with Crippen LogP contribution in [0.1, 0.15) is 6.42 Å². The average Bonchev–Trinajstić information content (AvgIpc) is 3.11. The van der Waals surface area contributed by atoms with E-state index in [1.54, 1.807) is 38.0 Å². The van der Waals surface area contributed by atoms with Gasteiger partial charge in [0.25, 0.3) is 0 Å². The summed E-state index contributed by atoms with van der Waals surface area (Å²) in [5.74, 6) is 1.00. The zero-order valence-corrected chi connectivity index (χ0v) is 17.2. The van der Waals surface area contributed by atoms with Crippen LogP contribution in [-0.2, 0) is 15.9 Å². The van der Waals surface area contributed by atoms with Gasteiger partial charge >= 0.3 is 0 Å². The van der Waals surface area contributed by atoms with Crippen LogP contribution in [0.2, 0.25) is 0 Å². The lowest BCUT2D eigenvalue weighted by Crippen LogP contribution is -2.09. The highest BCUT2D eigenvalue weighted by Gasteiger charge is 2.25. The molecule has 0 spiro atoms. The molecule has 4 rings (SSSR count). The van der Waals surface area contributed by atoms with E-state index in [2.05, 4.69) is 19.9 Å². The maximum Gasteiger partial charge on any atom is 0.232 e. The summed E-state index contributed by atoms with van der Waals surface area (Å²) in [5, 5.41) is 0.719. The minimum absolute atomic E-state index is 0.464. The van der Waals surface area contributed by atoms with Gasteiger partial charge in [-0.3, -0.25) is 0 Å². The number of nitrogen functional groups attached to an aromatic ring is 1.